The molecule has 0 heterocycles. The first-order valence-electron chi connectivity index (χ1n) is 10.5. The minimum absolute atomic E-state index is 0.00280. The predicted octanol–water partition coefficient (Wildman–Crippen LogP) is 0.501. The maximum Gasteiger partial charge on any atom is 0.255 e. The van der Waals surface area contributed by atoms with Gasteiger partial charge in [0.05, 0.1) is 17.7 Å². The first kappa shape index (κ1) is 23.2. The largest absolute Gasteiger partial charge is 0.508 e. The zero-order valence-corrected chi connectivity index (χ0v) is 18.4. The highest BCUT2D eigenvalue weighted by atomic mass is 16.3. The van der Waals surface area contributed by atoms with Crippen molar-refractivity contribution in [2.24, 2.45) is 17.6 Å². The Morgan fingerprint density at radius 1 is 1.26 bits per heavy atom. The highest BCUT2D eigenvalue weighted by Gasteiger charge is 2.64. The van der Waals surface area contributed by atoms with Crippen molar-refractivity contribution in [2.75, 3.05) is 14.1 Å². The molecule has 1 amide bonds. The van der Waals surface area contributed by atoms with Crippen LogP contribution >= 0.6 is 0 Å². The van der Waals surface area contributed by atoms with E-state index in [1.54, 1.807) is 6.07 Å². The Labute approximate surface area is 194 Å². The molecule has 6 N–H and O–H groups in total. The molecular weight excluding hydrogens is 442 g/mol. The van der Waals surface area contributed by atoms with Gasteiger partial charge in [-0.2, -0.15) is 5.26 Å². The lowest BCUT2D eigenvalue weighted by atomic mass is 9.57. The smallest absolute Gasteiger partial charge is 0.255 e. The molecule has 4 rings (SSSR count). The second-order valence-corrected chi connectivity index (χ2v) is 8.95. The normalized spacial score (nSPS) is 28.6. The van der Waals surface area contributed by atoms with Crippen molar-refractivity contribution in [3.05, 3.63) is 51.8 Å². The quantitative estimate of drug-likeness (QED) is 0.313. The molecule has 10 heteroatoms. The summed E-state index contributed by atoms with van der Waals surface area (Å²) in [6.45, 7) is 0. The van der Waals surface area contributed by atoms with E-state index in [9.17, 15) is 34.8 Å². The van der Waals surface area contributed by atoms with Crippen molar-refractivity contribution in [3.8, 4) is 11.8 Å². The minimum atomic E-state index is -2.67. The van der Waals surface area contributed by atoms with Crippen molar-refractivity contribution in [3.63, 3.8) is 0 Å². The standard InChI is InChI=1S/C24H23N3O7/c1-27(2)18-13-9-11-8-12-10(4-3-7-25)5-6-14(28)16(12)19(29)15(11)21(31)24(13,34)22(32)17(20(18)30)23(26)33/h3-6,11,13,18,28-29,32,34H,8-9H2,1-2H3,(H2,26,33)/t11-,13-,18+,24-/m0/s1. The summed E-state index contributed by atoms with van der Waals surface area (Å²) in [6, 6.07) is 3.62. The molecule has 0 spiro atoms. The summed E-state index contributed by atoms with van der Waals surface area (Å²) in [4.78, 5) is 40.1. The fourth-order valence-corrected chi connectivity index (χ4v) is 5.55. The highest BCUT2D eigenvalue weighted by Crippen LogP contribution is 2.52. The summed E-state index contributed by atoms with van der Waals surface area (Å²) >= 11 is 0. The van der Waals surface area contributed by atoms with Gasteiger partial charge in [0.2, 0.25) is 5.78 Å². The van der Waals surface area contributed by atoms with Gasteiger partial charge in [-0.25, -0.2) is 0 Å². The Bertz CT molecular complexity index is 1280. The van der Waals surface area contributed by atoms with Gasteiger partial charge in [0.1, 0.15) is 22.8 Å². The van der Waals surface area contributed by atoms with Crippen LogP contribution in [0.5, 0.6) is 5.75 Å². The number of hydrogen-bond acceptors (Lipinski definition) is 9. The third kappa shape index (κ3) is 2.98. The second kappa shape index (κ2) is 7.83. The zero-order valence-electron chi connectivity index (χ0n) is 18.4. The number of rotatable bonds is 3. The maximum absolute atomic E-state index is 13.7. The van der Waals surface area contributed by atoms with E-state index in [-0.39, 0.29) is 29.7 Å². The first-order chi connectivity index (χ1) is 16.0. The number of likely N-dealkylation sites (N-methyl/N-ethyl adjacent to an activating group) is 1. The number of primary amides is 1. The van der Waals surface area contributed by atoms with Crippen LogP contribution in [0.4, 0.5) is 0 Å². The van der Waals surface area contributed by atoms with Gasteiger partial charge in [0.15, 0.2) is 11.4 Å². The molecule has 0 radical (unpaired) electrons. The number of benzene rings is 1. The molecule has 0 unspecified atom stereocenters. The van der Waals surface area contributed by atoms with Crippen LogP contribution in [-0.2, 0) is 20.8 Å². The van der Waals surface area contributed by atoms with Crippen molar-refractivity contribution in [2.45, 2.75) is 24.5 Å². The lowest BCUT2D eigenvalue weighted by molar-refractivity contribution is -0.153. The summed E-state index contributed by atoms with van der Waals surface area (Å²) in [6.07, 6.45) is 2.92. The van der Waals surface area contributed by atoms with Gasteiger partial charge in [-0.05, 0) is 56.1 Å². The minimum Gasteiger partial charge on any atom is -0.508 e. The number of hydrogen-bond donors (Lipinski definition) is 5. The first-order valence-corrected chi connectivity index (χ1v) is 10.5. The van der Waals surface area contributed by atoms with Crippen molar-refractivity contribution < 1.29 is 34.8 Å². The fraction of sp³-hybridized carbons (Fsp3) is 0.333. The number of aliphatic hydroxyl groups is 3. The number of aliphatic hydroxyl groups excluding tert-OH is 2. The number of fused-ring (bicyclic) bond motifs is 3. The number of ketones is 2. The number of amides is 1. The molecule has 1 aromatic carbocycles. The van der Waals surface area contributed by atoms with Crippen LogP contribution in [0.25, 0.3) is 11.8 Å². The number of nitriles is 1. The number of phenolic OH excluding ortho intramolecular Hbond substituents is 1. The molecule has 0 bridgehead atoms. The van der Waals surface area contributed by atoms with Gasteiger partial charge < -0.3 is 26.2 Å². The number of carbonyl (C=O) groups is 3. The molecule has 176 valence electrons. The molecule has 4 atom stereocenters. The van der Waals surface area contributed by atoms with E-state index >= 15 is 0 Å². The van der Waals surface area contributed by atoms with Crippen LogP contribution in [0.15, 0.2) is 35.1 Å². The number of allylic oxidation sites excluding steroid dienone is 1. The SMILES string of the molecule is CN(C)[C@H]1C(=O)C(C(N)=O)=C(O)[C@@]2(O)C(=O)C3=C(O)c4c(O)ccc(C=CC#N)c4C[C@H]3C[C@@H]12. The molecule has 0 aliphatic heterocycles. The van der Waals surface area contributed by atoms with E-state index < -0.39 is 58.0 Å². The molecule has 3 aliphatic rings. The Kier molecular flexibility index (Phi) is 5.35. The Hall–Kier alpha value is -3.94. The van der Waals surface area contributed by atoms with Crippen molar-refractivity contribution in [1.82, 2.24) is 4.90 Å². The molecule has 0 aromatic heterocycles. The molecular formula is C24H23N3O7. The van der Waals surface area contributed by atoms with Crippen molar-refractivity contribution in [1.29, 1.82) is 5.26 Å². The molecule has 0 saturated heterocycles. The van der Waals surface area contributed by atoms with E-state index in [4.69, 9.17) is 11.0 Å². The van der Waals surface area contributed by atoms with Crippen LogP contribution in [0.3, 0.4) is 0 Å². The molecule has 1 saturated carbocycles. The number of nitrogens with two attached hydrogens (primary N) is 1. The Morgan fingerprint density at radius 2 is 1.94 bits per heavy atom. The lowest BCUT2D eigenvalue weighted by Gasteiger charge is -2.50. The Morgan fingerprint density at radius 3 is 2.53 bits per heavy atom. The predicted molar refractivity (Wildman–Crippen MR) is 119 cm³/mol. The van der Waals surface area contributed by atoms with Crippen LogP contribution in [-0.4, -0.2) is 68.5 Å². The summed E-state index contributed by atoms with van der Waals surface area (Å²) < 4.78 is 0. The third-order valence-electron chi connectivity index (χ3n) is 6.98. The van der Waals surface area contributed by atoms with Crippen LogP contribution in [0.2, 0.25) is 0 Å². The van der Waals surface area contributed by atoms with E-state index in [0.717, 1.165) is 0 Å². The molecule has 10 nitrogen and oxygen atoms in total. The number of nitrogens with zero attached hydrogens (tertiary/aromatic N) is 2. The molecule has 1 fully saturated rings. The van der Waals surface area contributed by atoms with Gasteiger partial charge in [0, 0.05) is 17.6 Å². The molecule has 34 heavy (non-hydrogen) atoms. The van der Waals surface area contributed by atoms with Crippen LogP contribution in [0, 0.1) is 23.2 Å². The number of Topliss-reactive ketones (excluding diaryl/α,β-unsaturated/α-hetero) is 2. The van der Waals surface area contributed by atoms with Gasteiger partial charge in [-0.3, -0.25) is 19.3 Å². The summed E-state index contributed by atoms with van der Waals surface area (Å²) in [5, 5.41) is 52.7. The highest BCUT2D eigenvalue weighted by molar-refractivity contribution is 6.24. The average molecular weight is 465 g/mol. The van der Waals surface area contributed by atoms with E-state index in [0.29, 0.717) is 11.1 Å². The molecule has 1 aromatic rings. The number of carbonyl (C=O) groups excluding carboxylic acids is 3. The van der Waals surface area contributed by atoms with Crippen LogP contribution < -0.4 is 5.73 Å². The summed E-state index contributed by atoms with van der Waals surface area (Å²) in [7, 11) is 3.08. The van der Waals surface area contributed by atoms with Crippen molar-refractivity contribution >= 4 is 29.3 Å². The van der Waals surface area contributed by atoms with Gasteiger partial charge in [-0.1, -0.05) is 6.07 Å². The maximum atomic E-state index is 13.7. The van der Waals surface area contributed by atoms with Crippen LogP contribution in [0.1, 0.15) is 23.1 Å². The Balaban J connectivity index is 1.98. The average Bonchev–Trinajstić information content (AvgIpc) is 2.75. The number of phenols is 1. The van der Waals surface area contributed by atoms with Gasteiger partial charge in [-0.15, -0.1) is 0 Å². The van der Waals surface area contributed by atoms with Gasteiger partial charge in [0.25, 0.3) is 5.91 Å². The zero-order chi connectivity index (χ0) is 25.1. The van der Waals surface area contributed by atoms with E-state index in [1.165, 1.54) is 37.2 Å². The topological polar surface area (TPSA) is 185 Å². The number of aromatic hydroxyl groups is 1. The van der Waals surface area contributed by atoms with Gasteiger partial charge >= 0.3 is 0 Å². The lowest BCUT2D eigenvalue weighted by Crippen LogP contribution is -2.65. The van der Waals surface area contributed by atoms with E-state index in [2.05, 4.69) is 0 Å². The monoisotopic (exact) mass is 465 g/mol. The summed E-state index contributed by atoms with van der Waals surface area (Å²) in [5.74, 6) is -6.96. The summed E-state index contributed by atoms with van der Waals surface area (Å²) in [5.41, 5.74) is 2.58. The second-order valence-electron chi connectivity index (χ2n) is 8.95. The third-order valence-corrected chi connectivity index (χ3v) is 6.98. The molecule has 3 aliphatic carbocycles. The van der Waals surface area contributed by atoms with E-state index in [1.807, 2.05) is 6.07 Å². The fourth-order valence-electron chi connectivity index (χ4n) is 5.55.